The highest BCUT2D eigenvalue weighted by atomic mass is 16.5. The molecule has 118 valence electrons. The maximum absolute atomic E-state index is 12.2. The Bertz CT molecular complexity index is 572. The average Bonchev–Trinajstić information content (AvgIpc) is 2.95. The van der Waals surface area contributed by atoms with Gasteiger partial charge in [0.25, 0.3) is 5.91 Å². The number of esters is 1. The summed E-state index contributed by atoms with van der Waals surface area (Å²) in [4.78, 5) is 24.1. The van der Waals surface area contributed by atoms with Gasteiger partial charge in [-0.05, 0) is 50.7 Å². The Morgan fingerprint density at radius 3 is 2.59 bits per heavy atom. The molecule has 0 saturated carbocycles. The first kappa shape index (κ1) is 16.3. The molecule has 1 N–H and O–H groups in total. The number of carbonyl (C=O) groups excluding carboxylic acids is 2. The van der Waals surface area contributed by atoms with E-state index >= 15 is 0 Å². The van der Waals surface area contributed by atoms with E-state index in [1.807, 2.05) is 38.1 Å². The zero-order chi connectivity index (χ0) is 16.1. The van der Waals surface area contributed by atoms with E-state index in [0.29, 0.717) is 6.42 Å². The topological polar surface area (TPSA) is 55.4 Å². The molecule has 0 aliphatic heterocycles. The molecule has 1 aliphatic rings. The summed E-state index contributed by atoms with van der Waals surface area (Å²) in [5.74, 6) is -0.366. The predicted molar refractivity (Wildman–Crippen MR) is 86.6 cm³/mol. The van der Waals surface area contributed by atoms with Gasteiger partial charge in [-0.1, -0.05) is 30.4 Å². The molecule has 4 nitrogen and oxygen atoms in total. The highest BCUT2D eigenvalue weighted by molar-refractivity contribution is 5.96. The number of carbonyl (C=O) groups is 2. The summed E-state index contributed by atoms with van der Waals surface area (Å²) in [6.45, 7) is 5.47. The first-order chi connectivity index (χ1) is 10.5. The van der Waals surface area contributed by atoms with Crippen LogP contribution in [0, 0.1) is 19.8 Å². The minimum Gasteiger partial charge on any atom is -0.453 e. The number of nitrogens with one attached hydrogen (secondary N) is 1. The number of para-hydroxylation sites is 1. The van der Waals surface area contributed by atoms with Gasteiger partial charge in [0.1, 0.15) is 0 Å². The van der Waals surface area contributed by atoms with E-state index in [1.54, 1.807) is 6.92 Å². The highest BCUT2D eigenvalue weighted by Crippen LogP contribution is 2.22. The van der Waals surface area contributed by atoms with Gasteiger partial charge in [-0.25, -0.2) is 0 Å². The summed E-state index contributed by atoms with van der Waals surface area (Å²) >= 11 is 0. The normalized spacial score (nSPS) is 18.0. The van der Waals surface area contributed by atoms with E-state index in [9.17, 15) is 9.59 Å². The van der Waals surface area contributed by atoms with Gasteiger partial charge in [0.05, 0.1) is 6.42 Å². The molecule has 0 unspecified atom stereocenters. The molecule has 0 aromatic heterocycles. The van der Waals surface area contributed by atoms with Crippen molar-refractivity contribution in [1.82, 2.24) is 0 Å². The van der Waals surface area contributed by atoms with Gasteiger partial charge in [0.15, 0.2) is 6.10 Å². The summed E-state index contributed by atoms with van der Waals surface area (Å²) in [7, 11) is 0. The zero-order valence-corrected chi connectivity index (χ0v) is 13.4. The average molecular weight is 301 g/mol. The van der Waals surface area contributed by atoms with E-state index in [0.717, 1.165) is 29.7 Å². The Balaban J connectivity index is 1.89. The summed E-state index contributed by atoms with van der Waals surface area (Å²) in [5.41, 5.74) is 2.76. The number of hydrogen-bond donors (Lipinski definition) is 1. The van der Waals surface area contributed by atoms with E-state index in [2.05, 4.69) is 11.4 Å². The van der Waals surface area contributed by atoms with Crippen molar-refractivity contribution in [3.8, 4) is 0 Å². The molecule has 4 heteroatoms. The molecule has 1 aromatic carbocycles. The third kappa shape index (κ3) is 4.20. The van der Waals surface area contributed by atoms with Gasteiger partial charge in [-0.2, -0.15) is 0 Å². The molecule has 0 saturated heterocycles. The van der Waals surface area contributed by atoms with Gasteiger partial charge in [-0.3, -0.25) is 9.59 Å². The highest BCUT2D eigenvalue weighted by Gasteiger charge is 2.21. The Kier molecular flexibility index (Phi) is 5.36. The van der Waals surface area contributed by atoms with E-state index in [-0.39, 0.29) is 17.8 Å². The van der Waals surface area contributed by atoms with Gasteiger partial charge < -0.3 is 10.1 Å². The molecule has 1 aromatic rings. The maximum atomic E-state index is 12.2. The molecule has 2 rings (SSSR count). The lowest BCUT2D eigenvalue weighted by Crippen LogP contribution is -2.30. The lowest BCUT2D eigenvalue weighted by Gasteiger charge is -2.17. The molecule has 0 bridgehead atoms. The number of hydrogen-bond acceptors (Lipinski definition) is 3. The van der Waals surface area contributed by atoms with Crippen LogP contribution in [-0.4, -0.2) is 18.0 Å². The molecule has 0 spiro atoms. The van der Waals surface area contributed by atoms with Crippen molar-refractivity contribution in [2.45, 2.75) is 46.1 Å². The molecular formula is C18H23NO3. The van der Waals surface area contributed by atoms with Crippen molar-refractivity contribution in [2.24, 2.45) is 5.92 Å². The number of benzene rings is 1. The lowest BCUT2D eigenvalue weighted by atomic mass is 10.1. The Labute approximate surface area is 131 Å². The standard InChI is InChI=1S/C18H23NO3/c1-12-7-6-8-13(2)17(12)19-18(21)14(3)22-16(20)11-15-9-4-5-10-15/h4,6-9,14-15H,5,10-11H2,1-3H3,(H,19,21)/t14-,15-/m1/s1. The number of anilines is 1. The van der Waals surface area contributed by atoms with Crippen molar-refractivity contribution in [2.75, 3.05) is 5.32 Å². The van der Waals surface area contributed by atoms with Crippen molar-refractivity contribution in [3.05, 3.63) is 41.5 Å². The maximum Gasteiger partial charge on any atom is 0.307 e. The summed E-state index contributed by atoms with van der Waals surface area (Å²) in [6, 6.07) is 5.82. The van der Waals surface area contributed by atoms with E-state index in [1.165, 1.54) is 0 Å². The molecule has 1 amide bonds. The van der Waals surface area contributed by atoms with Crippen LogP contribution in [0.25, 0.3) is 0 Å². The lowest BCUT2D eigenvalue weighted by molar-refractivity contribution is -0.153. The van der Waals surface area contributed by atoms with Crippen LogP contribution in [0.5, 0.6) is 0 Å². The largest absolute Gasteiger partial charge is 0.453 e. The van der Waals surface area contributed by atoms with Crippen molar-refractivity contribution in [3.63, 3.8) is 0 Å². The summed E-state index contributed by atoms with van der Waals surface area (Å²) < 4.78 is 5.24. The Hall–Kier alpha value is -2.10. The number of rotatable bonds is 5. The zero-order valence-electron chi connectivity index (χ0n) is 13.4. The van der Waals surface area contributed by atoms with E-state index < -0.39 is 6.10 Å². The third-order valence-electron chi connectivity index (χ3n) is 3.95. The third-order valence-corrected chi connectivity index (χ3v) is 3.95. The van der Waals surface area contributed by atoms with Crippen LogP contribution in [0.3, 0.4) is 0 Å². The second-order valence-corrected chi connectivity index (χ2v) is 5.86. The van der Waals surface area contributed by atoms with Gasteiger partial charge >= 0.3 is 5.97 Å². The molecular weight excluding hydrogens is 278 g/mol. The SMILES string of the molecule is Cc1cccc(C)c1NC(=O)[C@@H](C)OC(=O)C[C@@H]1C=CCC1. The second-order valence-electron chi connectivity index (χ2n) is 5.86. The van der Waals surface area contributed by atoms with Crippen LogP contribution in [0.1, 0.15) is 37.3 Å². The van der Waals surface area contributed by atoms with Gasteiger partial charge in [0, 0.05) is 5.69 Å². The predicted octanol–water partition coefficient (Wildman–Crippen LogP) is 3.53. The Morgan fingerprint density at radius 1 is 1.32 bits per heavy atom. The van der Waals surface area contributed by atoms with E-state index in [4.69, 9.17) is 4.74 Å². The van der Waals surface area contributed by atoms with Crippen LogP contribution in [0.15, 0.2) is 30.4 Å². The van der Waals surface area contributed by atoms with Crippen LogP contribution >= 0.6 is 0 Å². The molecule has 0 heterocycles. The quantitative estimate of drug-likeness (QED) is 0.668. The van der Waals surface area contributed by atoms with Gasteiger partial charge in [0.2, 0.25) is 0 Å². The van der Waals surface area contributed by atoms with Crippen LogP contribution in [0.2, 0.25) is 0 Å². The fourth-order valence-electron chi connectivity index (χ4n) is 2.61. The van der Waals surface area contributed by atoms with Crippen molar-refractivity contribution >= 4 is 17.6 Å². The Morgan fingerprint density at radius 2 is 2.00 bits per heavy atom. The number of allylic oxidation sites excluding steroid dienone is 2. The first-order valence-electron chi connectivity index (χ1n) is 7.70. The fourth-order valence-corrected chi connectivity index (χ4v) is 2.61. The summed E-state index contributed by atoms with van der Waals surface area (Å²) in [6.07, 6.45) is 5.67. The minimum atomic E-state index is -0.795. The number of ether oxygens (including phenoxy) is 1. The van der Waals surface area contributed by atoms with Crippen molar-refractivity contribution in [1.29, 1.82) is 0 Å². The molecule has 0 fully saturated rings. The fraction of sp³-hybridized carbons (Fsp3) is 0.444. The summed E-state index contributed by atoms with van der Waals surface area (Å²) in [5, 5.41) is 2.85. The molecule has 22 heavy (non-hydrogen) atoms. The molecule has 2 atom stereocenters. The minimum absolute atomic E-state index is 0.251. The molecule has 1 aliphatic carbocycles. The number of aryl methyl sites for hydroxylation is 2. The van der Waals surface area contributed by atoms with Crippen molar-refractivity contribution < 1.29 is 14.3 Å². The van der Waals surface area contributed by atoms with Crippen LogP contribution in [-0.2, 0) is 14.3 Å². The van der Waals surface area contributed by atoms with Crippen LogP contribution in [0.4, 0.5) is 5.69 Å². The number of amides is 1. The smallest absolute Gasteiger partial charge is 0.307 e. The van der Waals surface area contributed by atoms with Gasteiger partial charge in [-0.15, -0.1) is 0 Å². The second kappa shape index (κ2) is 7.25. The monoisotopic (exact) mass is 301 g/mol. The first-order valence-corrected chi connectivity index (χ1v) is 7.70. The van der Waals surface area contributed by atoms with Crippen LogP contribution < -0.4 is 5.32 Å². The molecule has 0 radical (unpaired) electrons.